The van der Waals surface area contributed by atoms with E-state index in [1.165, 1.54) is 5.56 Å². The van der Waals surface area contributed by atoms with Crippen molar-refractivity contribution < 1.29 is 0 Å². The minimum Gasteiger partial charge on any atom is -0.305 e. The molecule has 1 nitrogen and oxygen atoms in total. The van der Waals surface area contributed by atoms with Crippen LogP contribution >= 0.6 is 12.4 Å². The second kappa shape index (κ2) is 7.14. The largest absolute Gasteiger partial charge is 0.305 e. The molecule has 0 aliphatic rings. The molecule has 70 valence electrons. The highest BCUT2D eigenvalue weighted by molar-refractivity contribution is 5.85. The number of benzene rings is 1. The fraction of sp³-hybridized carbons (Fsp3) is 0.400. The van der Waals surface area contributed by atoms with Gasteiger partial charge in [-0.15, -0.1) is 12.4 Å². The number of rotatable bonds is 2. The van der Waals surface area contributed by atoms with Gasteiger partial charge in [0.1, 0.15) is 0 Å². The zero-order chi connectivity index (χ0) is 7.40. The molecule has 0 unspecified atom stereocenters. The first kappa shape index (κ1) is 14.0. The van der Waals surface area contributed by atoms with E-state index in [-0.39, 0.29) is 19.8 Å². The Kier molecular flexibility index (Phi) is 8.34. The molecule has 12 heavy (non-hydrogen) atoms. The third-order valence-corrected chi connectivity index (χ3v) is 1.34. The zero-order valence-corrected chi connectivity index (χ0v) is 7.77. The third-order valence-electron chi connectivity index (χ3n) is 1.34. The van der Waals surface area contributed by atoms with Gasteiger partial charge in [0.05, 0.1) is 0 Å². The molecule has 0 fully saturated rings. The number of hydrogen-bond donors (Lipinski definition) is 0. The molecular formula is C10H18ClN. The summed E-state index contributed by atoms with van der Waals surface area (Å²) in [5.41, 5.74) is 1.37. The van der Waals surface area contributed by atoms with Gasteiger partial charge in [-0.25, -0.2) is 0 Å². The molecule has 0 bridgehead atoms. The van der Waals surface area contributed by atoms with Gasteiger partial charge in [0.2, 0.25) is 0 Å². The van der Waals surface area contributed by atoms with Crippen LogP contribution < -0.4 is 0 Å². The Labute approximate surface area is 81.8 Å². The molecule has 0 heterocycles. The molecule has 0 radical (unpaired) electrons. The maximum Gasteiger partial charge on any atom is 0.0227 e. The van der Waals surface area contributed by atoms with Crippen molar-refractivity contribution in [3.05, 3.63) is 35.9 Å². The van der Waals surface area contributed by atoms with Crippen LogP contribution in [0.15, 0.2) is 30.3 Å². The van der Waals surface area contributed by atoms with E-state index in [2.05, 4.69) is 43.3 Å². The van der Waals surface area contributed by atoms with E-state index in [0.29, 0.717) is 0 Å². The second-order valence-corrected chi connectivity index (χ2v) is 2.72. The van der Waals surface area contributed by atoms with Gasteiger partial charge in [0, 0.05) is 6.54 Å². The molecule has 0 amide bonds. The summed E-state index contributed by atoms with van der Waals surface area (Å²) in [6, 6.07) is 10.5. The van der Waals surface area contributed by atoms with Gasteiger partial charge in [-0.1, -0.05) is 37.8 Å². The summed E-state index contributed by atoms with van der Waals surface area (Å²) in [6.45, 7) is 1.03. The Balaban J connectivity index is 0. The minimum atomic E-state index is 0. The topological polar surface area (TPSA) is 3.24 Å². The lowest BCUT2D eigenvalue weighted by atomic mass is 10.2. The first-order chi connectivity index (χ1) is 4.79. The maximum absolute atomic E-state index is 2.16. The van der Waals surface area contributed by atoms with Crippen molar-refractivity contribution in [3.63, 3.8) is 0 Å². The van der Waals surface area contributed by atoms with Gasteiger partial charge in [-0.2, -0.15) is 0 Å². The molecule has 2 heteroatoms. The van der Waals surface area contributed by atoms with Crippen LogP contribution in [0.25, 0.3) is 0 Å². The van der Waals surface area contributed by atoms with Crippen molar-refractivity contribution in [1.29, 1.82) is 0 Å². The smallest absolute Gasteiger partial charge is 0.0227 e. The summed E-state index contributed by atoms with van der Waals surface area (Å²) in [4.78, 5) is 2.16. The van der Waals surface area contributed by atoms with E-state index in [0.717, 1.165) is 6.54 Å². The van der Waals surface area contributed by atoms with E-state index in [1.54, 1.807) is 0 Å². The average Bonchev–Trinajstić information content (AvgIpc) is 1.88. The molecule has 1 rings (SSSR count). The first-order valence-electron chi connectivity index (χ1n) is 3.47. The van der Waals surface area contributed by atoms with Gasteiger partial charge in [0.25, 0.3) is 0 Å². The van der Waals surface area contributed by atoms with Crippen molar-refractivity contribution in [1.82, 2.24) is 4.90 Å². The highest BCUT2D eigenvalue weighted by Gasteiger charge is 1.90. The molecule has 0 aliphatic carbocycles. The fourth-order valence-electron chi connectivity index (χ4n) is 0.949. The standard InChI is InChI=1S/C9H13N.CH4.ClH/c1-10(2)8-9-6-4-3-5-7-9;;/h3-7H,8H2,1-2H3;1H4;1H. The predicted molar refractivity (Wildman–Crippen MR) is 57.8 cm³/mol. The molecule has 0 saturated carbocycles. The Morgan fingerprint density at radius 2 is 1.58 bits per heavy atom. The Bertz CT molecular complexity index is 184. The van der Waals surface area contributed by atoms with Crippen LogP contribution in [-0.4, -0.2) is 19.0 Å². The lowest BCUT2D eigenvalue weighted by molar-refractivity contribution is 0.402. The van der Waals surface area contributed by atoms with Crippen LogP contribution in [0.1, 0.15) is 13.0 Å². The zero-order valence-electron chi connectivity index (χ0n) is 6.95. The normalized spacial score (nSPS) is 8.58. The van der Waals surface area contributed by atoms with Crippen LogP contribution in [0.4, 0.5) is 0 Å². The van der Waals surface area contributed by atoms with Crippen LogP contribution in [0.2, 0.25) is 0 Å². The number of nitrogens with zero attached hydrogens (tertiary/aromatic N) is 1. The Morgan fingerprint density at radius 1 is 1.08 bits per heavy atom. The van der Waals surface area contributed by atoms with Gasteiger partial charge < -0.3 is 4.90 Å². The Hall–Kier alpha value is -0.530. The van der Waals surface area contributed by atoms with Crippen molar-refractivity contribution in [3.8, 4) is 0 Å². The first-order valence-corrected chi connectivity index (χ1v) is 3.47. The average molecular weight is 188 g/mol. The van der Waals surface area contributed by atoms with Crippen LogP contribution in [0, 0.1) is 0 Å². The molecule has 1 aromatic rings. The van der Waals surface area contributed by atoms with Crippen LogP contribution in [0.3, 0.4) is 0 Å². The second-order valence-electron chi connectivity index (χ2n) is 2.72. The van der Waals surface area contributed by atoms with Crippen molar-refractivity contribution >= 4 is 12.4 Å². The van der Waals surface area contributed by atoms with E-state index >= 15 is 0 Å². The monoisotopic (exact) mass is 187 g/mol. The van der Waals surface area contributed by atoms with Gasteiger partial charge in [-0.3, -0.25) is 0 Å². The number of hydrogen-bond acceptors (Lipinski definition) is 1. The van der Waals surface area contributed by atoms with Crippen molar-refractivity contribution in [2.45, 2.75) is 14.0 Å². The predicted octanol–water partition coefficient (Wildman–Crippen LogP) is 2.81. The van der Waals surface area contributed by atoms with E-state index < -0.39 is 0 Å². The molecule has 0 atom stereocenters. The highest BCUT2D eigenvalue weighted by atomic mass is 35.5. The van der Waals surface area contributed by atoms with E-state index in [9.17, 15) is 0 Å². The molecule has 0 N–H and O–H groups in total. The summed E-state index contributed by atoms with van der Waals surface area (Å²) in [6.07, 6.45) is 0. The molecular weight excluding hydrogens is 170 g/mol. The summed E-state index contributed by atoms with van der Waals surface area (Å²) in [5.74, 6) is 0. The van der Waals surface area contributed by atoms with Crippen molar-refractivity contribution in [2.24, 2.45) is 0 Å². The lowest BCUT2D eigenvalue weighted by Gasteiger charge is -2.08. The minimum absolute atomic E-state index is 0. The quantitative estimate of drug-likeness (QED) is 0.689. The molecule has 0 saturated heterocycles. The number of halogens is 1. The van der Waals surface area contributed by atoms with E-state index in [1.807, 2.05) is 6.07 Å². The van der Waals surface area contributed by atoms with Crippen molar-refractivity contribution in [2.75, 3.05) is 14.1 Å². The Morgan fingerprint density at radius 3 is 2.00 bits per heavy atom. The fourth-order valence-corrected chi connectivity index (χ4v) is 0.949. The molecule has 1 aromatic carbocycles. The van der Waals surface area contributed by atoms with Gasteiger partial charge in [-0.05, 0) is 19.7 Å². The summed E-state index contributed by atoms with van der Waals surface area (Å²) < 4.78 is 0. The lowest BCUT2D eigenvalue weighted by Crippen LogP contribution is -2.10. The van der Waals surface area contributed by atoms with Gasteiger partial charge in [0.15, 0.2) is 0 Å². The SMILES string of the molecule is C.CN(C)Cc1ccccc1.Cl. The molecule has 0 spiro atoms. The van der Waals surface area contributed by atoms with E-state index in [4.69, 9.17) is 0 Å². The van der Waals surface area contributed by atoms with Gasteiger partial charge >= 0.3 is 0 Å². The third kappa shape index (κ3) is 5.16. The molecule has 0 aliphatic heterocycles. The maximum atomic E-state index is 2.16. The molecule has 0 aromatic heterocycles. The highest BCUT2D eigenvalue weighted by Crippen LogP contribution is 1.99. The summed E-state index contributed by atoms with van der Waals surface area (Å²) in [7, 11) is 4.15. The van der Waals surface area contributed by atoms with Crippen LogP contribution in [-0.2, 0) is 6.54 Å². The summed E-state index contributed by atoms with van der Waals surface area (Å²) in [5, 5.41) is 0. The van der Waals surface area contributed by atoms with Crippen LogP contribution in [0.5, 0.6) is 0 Å². The summed E-state index contributed by atoms with van der Waals surface area (Å²) >= 11 is 0.